The molecule has 4 aromatic carbocycles. The molecule has 0 saturated carbocycles. The highest BCUT2D eigenvalue weighted by atomic mass is 15.2. The molecular formula is C24H31N6+. The van der Waals surface area contributed by atoms with Crippen molar-refractivity contribution >= 4 is 44.9 Å². The Kier molecular flexibility index (Phi) is 4.80. The van der Waals surface area contributed by atoms with Crippen molar-refractivity contribution in [2.45, 2.75) is 0 Å². The van der Waals surface area contributed by atoms with Gasteiger partial charge in [-0.25, -0.2) is 9.57 Å². The van der Waals surface area contributed by atoms with Crippen LogP contribution < -0.4 is 35.3 Å². The van der Waals surface area contributed by atoms with Gasteiger partial charge in [-0.05, 0) is 12.1 Å². The highest BCUT2D eigenvalue weighted by Crippen LogP contribution is 2.38. The second-order valence-electron chi connectivity index (χ2n) is 8.61. The van der Waals surface area contributed by atoms with Crippen LogP contribution in [0, 0.1) is 0 Å². The van der Waals surface area contributed by atoms with Crippen LogP contribution in [0.2, 0.25) is 0 Å². The zero-order valence-corrected chi connectivity index (χ0v) is 19.2. The highest BCUT2D eigenvalue weighted by Gasteiger charge is 2.29. The molecule has 0 radical (unpaired) electrons. The van der Waals surface area contributed by atoms with Crippen LogP contribution in [0.5, 0.6) is 0 Å². The monoisotopic (exact) mass is 403 g/mol. The van der Waals surface area contributed by atoms with Gasteiger partial charge in [-0.3, -0.25) is 0 Å². The van der Waals surface area contributed by atoms with E-state index in [4.69, 9.17) is 4.99 Å². The van der Waals surface area contributed by atoms with Gasteiger partial charge in [-0.15, -0.1) is 0 Å². The zero-order valence-electron chi connectivity index (χ0n) is 19.2. The van der Waals surface area contributed by atoms with Crippen LogP contribution in [-0.2, 0) is 0 Å². The predicted molar refractivity (Wildman–Crippen MR) is 130 cm³/mol. The molecule has 0 aliphatic carbocycles. The molecule has 0 aliphatic rings. The summed E-state index contributed by atoms with van der Waals surface area (Å²) in [4.78, 5) is 11.4. The number of fused-ring (bicyclic) bond motifs is 1. The molecule has 0 amide bonds. The number of nitrogens with zero attached hydrogens (tertiary/aromatic N) is 5. The van der Waals surface area contributed by atoms with Crippen molar-refractivity contribution < 1.29 is 0 Å². The highest BCUT2D eigenvalue weighted by molar-refractivity contribution is 6.04. The van der Waals surface area contributed by atoms with Crippen molar-refractivity contribution in [3.05, 3.63) is 47.1 Å². The summed E-state index contributed by atoms with van der Waals surface area (Å²) in [6.45, 7) is 0. The molecule has 1 N–H and O–H groups in total. The fourth-order valence-corrected chi connectivity index (χ4v) is 4.01. The lowest BCUT2D eigenvalue weighted by atomic mass is 10.1. The maximum absolute atomic E-state index is 5.02. The number of hydrogen-bond acceptors (Lipinski definition) is 5. The first-order valence-electron chi connectivity index (χ1n) is 10.2. The Morgan fingerprint density at radius 3 is 1.80 bits per heavy atom. The first-order chi connectivity index (χ1) is 14.2. The van der Waals surface area contributed by atoms with Gasteiger partial charge in [0.25, 0.3) is 5.36 Å². The van der Waals surface area contributed by atoms with E-state index in [-0.39, 0.29) is 0 Å². The van der Waals surface area contributed by atoms with Gasteiger partial charge >= 0.3 is 0 Å². The second-order valence-corrected chi connectivity index (χ2v) is 8.61. The molecule has 156 valence electrons. The minimum absolute atomic E-state index is 0.997. The summed E-state index contributed by atoms with van der Waals surface area (Å²) in [7, 11) is 16.6. The van der Waals surface area contributed by atoms with Crippen molar-refractivity contribution in [1.82, 2.24) is 4.58 Å². The summed E-state index contributed by atoms with van der Waals surface area (Å²) in [5.41, 5.74) is 6.94. The third-order valence-corrected chi connectivity index (χ3v) is 5.43. The quantitative estimate of drug-likeness (QED) is 0.503. The molecule has 0 heterocycles. The number of hydrogen-bond donors (Lipinski definition) is 1. The predicted octanol–water partition coefficient (Wildman–Crippen LogP) is 2.80. The van der Waals surface area contributed by atoms with E-state index in [0.29, 0.717) is 0 Å². The van der Waals surface area contributed by atoms with Gasteiger partial charge in [0.2, 0.25) is 0 Å². The van der Waals surface area contributed by atoms with Crippen LogP contribution >= 0.6 is 0 Å². The van der Waals surface area contributed by atoms with Crippen LogP contribution in [0.3, 0.4) is 0 Å². The molecule has 0 aliphatic heterocycles. The standard InChI is InChI=1S/C24H30N6/c1-27(2)21-19(22(21)28(3)4)25-17-13-14-18(16-12-10-9-11-15(16)17)26-20-23(29(5)6)24(20)30(7)8/h9-14H,1-8H3/p+1. The van der Waals surface area contributed by atoms with Gasteiger partial charge in [0.05, 0.1) is 17.1 Å². The molecule has 0 saturated heterocycles. The molecule has 0 aromatic heterocycles. The Morgan fingerprint density at radius 1 is 0.733 bits per heavy atom. The molecule has 6 heteroatoms. The SMILES string of the molecule is CN(C)c1c(N(C)C)c1=Nc1ccc(Nc2c(N(C)C)c2=[N+](C)C)c2ccccc12. The molecule has 4 rings (SSSR count). The van der Waals surface area contributed by atoms with Gasteiger partial charge in [0, 0.05) is 58.7 Å². The average molecular weight is 404 g/mol. The van der Waals surface area contributed by atoms with E-state index in [1.165, 1.54) is 33.5 Å². The molecule has 6 nitrogen and oxygen atoms in total. The molecule has 0 fully saturated rings. The summed E-state index contributed by atoms with van der Waals surface area (Å²) in [5, 5.41) is 8.30. The maximum Gasteiger partial charge on any atom is 0.251 e. The Balaban J connectivity index is 1.79. The van der Waals surface area contributed by atoms with Crippen molar-refractivity contribution in [3.8, 4) is 0 Å². The number of anilines is 5. The third kappa shape index (κ3) is 3.32. The number of benzene rings is 2. The summed E-state index contributed by atoms with van der Waals surface area (Å²) in [5.74, 6) is 0. The lowest BCUT2D eigenvalue weighted by Crippen LogP contribution is -2.17. The molecule has 0 unspecified atom stereocenters. The lowest BCUT2D eigenvalue weighted by molar-refractivity contribution is 0.830. The van der Waals surface area contributed by atoms with Crippen LogP contribution in [0.15, 0.2) is 41.4 Å². The average Bonchev–Trinajstić information content (AvgIpc) is 3.56. The van der Waals surface area contributed by atoms with Gasteiger partial charge in [0.1, 0.15) is 30.8 Å². The fraction of sp³-hybridized carbons (Fsp3) is 0.333. The van der Waals surface area contributed by atoms with E-state index < -0.39 is 0 Å². The summed E-state index contributed by atoms with van der Waals surface area (Å²) >= 11 is 0. The van der Waals surface area contributed by atoms with E-state index in [0.717, 1.165) is 22.1 Å². The van der Waals surface area contributed by atoms with Crippen molar-refractivity contribution in [1.29, 1.82) is 0 Å². The van der Waals surface area contributed by atoms with E-state index in [1.807, 2.05) is 0 Å². The van der Waals surface area contributed by atoms with Gasteiger partial charge < -0.3 is 20.0 Å². The van der Waals surface area contributed by atoms with Gasteiger partial charge in [0.15, 0.2) is 0 Å². The van der Waals surface area contributed by atoms with Crippen LogP contribution in [0.25, 0.3) is 10.8 Å². The maximum atomic E-state index is 5.02. The Labute approximate surface area is 178 Å². The van der Waals surface area contributed by atoms with Gasteiger partial charge in [-0.1, -0.05) is 24.3 Å². The van der Waals surface area contributed by atoms with E-state index in [2.05, 4.69) is 117 Å². The smallest absolute Gasteiger partial charge is 0.251 e. The summed E-state index contributed by atoms with van der Waals surface area (Å²) < 4.78 is 2.16. The van der Waals surface area contributed by atoms with Crippen molar-refractivity contribution in [3.63, 3.8) is 0 Å². The van der Waals surface area contributed by atoms with Crippen molar-refractivity contribution in [2.24, 2.45) is 4.99 Å². The summed E-state index contributed by atoms with van der Waals surface area (Å²) in [6, 6.07) is 12.7. The van der Waals surface area contributed by atoms with Crippen LogP contribution in [0.1, 0.15) is 0 Å². The van der Waals surface area contributed by atoms with Crippen LogP contribution in [-0.4, -0.2) is 56.4 Å². The Morgan fingerprint density at radius 2 is 1.30 bits per heavy atom. The molecule has 4 aromatic rings. The lowest BCUT2D eigenvalue weighted by Gasteiger charge is -2.09. The molecule has 0 atom stereocenters. The second kappa shape index (κ2) is 7.20. The first-order valence-corrected chi connectivity index (χ1v) is 10.2. The van der Waals surface area contributed by atoms with Crippen molar-refractivity contribution in [2.75, 3.05) is 76.4 Å². The first kappa shape index (κ1) is 20.0. The third-order valence-electron chi connectivity index (χ3n) is 5.43. The van der Waals surface area contributed by atoms with E-state index >= 15 is 0 Å². The normalized spacial score (nSPS) is 11.3. The fourth-order valence-electron chi connectivity index (χ4n) is 4.01. The Hall–Kier alpha value is -3.28. The Bertz CT molecular complexity index is 1240. The largest absolute Gasteiger partial charge is 0.374 e. The topological polar surface area (TPSA) is 37.1 Å². The number of rotatable bonds is 6. The number of nitrogens with one attached hydrogen (secondary N) is 1. The molecular weight excluding hydrogens is 372 g/mol. The van der Waals surface area contributed by atoms with E-state index in [9.17, 15) is 0 Å². The zero-order chi connectivity index (χ0) is 21.7. The molecule has 0 bridgehead atoms. The summed E-state index contributed by atoms with van der Waals surface area (Å²) in [6.07, 6.45) is 0. The van der Waals surface area contributed by atoms with Gasteiger partial charge in [-0.2, -0.15) is 0 Å². The van der Waals surface area contributed by atoms with Crippen LogP contribution in [0.4, 0.5) is 34.1 Å². The minimum Gasteiger partial charge on any atom is -0.374 e. The minimum atomic E-state index is 0.997. The van der Waals surface area contributed by atoms with E-state index in [1.54, 1.807) is 0 Å². The molecule has 30 heavy (non-hydrogen) atoms. The molecule has 0 spiro atoms.